The van der Waals surface area contributed by atoms with Crippen LogP contribution in [0.5, 0.6) is 0 Å². The average molecular weight is 303 g/mol. The van der Waals surface area contributed by atoms with Crippen molar-refractivity contribution < 1.29 is 4.79 Å². The number of aryl methyl sites for hydroxylation is 1. The quantitative estimate of drug-likeness (QED) is 0.924. The van der Waals surface area contributed by atoms with Gasteiger partial charge in [0.15, 0.2) is 0 Å². The summed E-state index contributed by atoms with van der Waals surface area (Å²) in [6.07, 6.45) is 7.27. The average Bonchev–Trinajstić information content (AvgIpc) is 2.45. The van der Waals surface area contributed by atoms with Crippen molar-refractivity contribution in [2.24, 2.45) is 17.3 Å². The lowest BCUT2D eigenvalue weighted by Gasteiger charge is -2.36. The highest BCUT2D eigenvalue weighted by atomic mass is 16.1. The number of nitrogens with zero attached hydrogens (tertiary/aromatic N) is 2. The maximum atomic E-state index is 12.1. The molecule has 0 bridgehead atoms. The van der Waals surface area contributed by atoms with Crippen LogP contribution in [-0.4, -0.2) is 15.9 Å². The molecule has 1 aliphatic carbocycles. The predicted octanol–water partition coefficient (Wildman–Crippen LogP) is 3.64. The molecule has 122 valence electrons. The van der Waals surface area contributed by atoms with E-state index in [1.54, 1.807) is 6.20 Å². The number of nitrogens with one attached hydrogen (secondary N) is 1. The van der Waals surface area contributed by atoms with E-state index in [0.29, 0.717) is 24.3 Å². The van der Waals surface area contributed by atoms with Crippen molar-refractivity contribution >= 4 is 5.91 Å². The van der Waals surface area contributed by atoms with Gasteiger partial charge in [-0.05, 0) is 55.9 Å². The molecular formula is C18H29N3O. The fraction of sp³-hybridized carbons (Fsp3) is 0.722. The van der Waals surface area contributed by atoms with Crippen molar-refractivity contribution in [1.29, 1.82) is 0 Å². The van der Waals surface area contributed by atoms with E-state index in [1.165, 1.54) is 25.7 Å². The molecule has 2 rings (SSSR count). The number of hydrogen-bond donors (Lipinski definition) is 1. The van der Waals surface area contributed by atoms with Gasteiger partial charge in [-0.1, -0.05) is 20.8 Å². The number of rotatable bonds is 4. The van der Waals surface area contributed by atoms with Gasteiger partial charge in [0.2, 0.25) is 5.91 Å². The first-order valence-electron chi connectivity index (χ1n) is 8.40. The van der Waals surface area contributed by atoms with Gasteiger partial charge < -0.3 is 5.32 Å². The van der Waals surface area contributed by atoms with Crippen LogP contribution < -0.4 is 5.32 Å². The summed E-state index contributed by atoms with van der Waals surface area (Å²) in [5.41, 5.74) is 1.27. The largest absolute Gasteiger partial charge is 0.350 e. The van der Waals surface area contributed by atoms with E-state index >= 15 is 0 Å². The summed E-state index contributed by atoms with van der Waals surface area (Å²) < 4.78 is 0. The first-order chi connectivity index (χ1) is 10.3. The Morgan fingerprint density at radius 2 is 1.95 bits per heavy atom. The van der Waals surface area contributed by atoms with Crippen molar-refractivity contribution in [2.45, 2.75) is 66.3 Å². The molecule has 0 atom stereocenters. The molecule has 1 saturated carbocycles. The fourth-order valence-corrected chi connectivity index (χ4v) is 3.36. The number of carbonyl (C=O) groups excluding carboxylic acids is 1. The zero-order valence-electron chi connectivity index (χ0n) is 14.4. The zero-order chi connectivity index (χ0) is 16.2. The first kappa shape index (κ1) is 16.9. The molecule has 22 heavy (non-hydrogen) atoms. The van der Waals surface area contributed by atoms with E-state index in [1.807, 2.05) is 13.0 Å². The normalized spacial score (nSPS) is 22.4. The number of carbonyl (C=O) groups is 1. The molecule has 1 heterocycles. The van der Waals surface area contributed by atoms with Crippen LogP contribution in [0.3, 0.4) is 0 Å². The fourth-order valence-electron chi connectivity index (χ4n) is 3.36. The summed E-state index contributed by atoms with van der Waals surface area (Å²) in [4.78, 5) is 20.5. The molecule has 4 nitrogen and oxygen atoms in total. The topological polar surface area (TPSA) is 54.9 Å². The SMILES string of the molecule is Cc1nccc(CNC(=O)CC2CCC(C(C)(C)C)CC2)n1. The summed E-state index contributed by atoms with van der Waals surface area (Å²) in [7, 11) is 0. The minimum Gasteiger partial charge on any atom is -0.350 e. The Balaban J connectivity index is 1.72. The van der Waals surface area contributed by atoms with Crippen LogP contribution in [-0.2, 0) is 11.3 Å². The second-order valence-corrected chi connectivity index (χ2v) is 7.66. The van der Waals surface area contributed by atoms with Gasteiger partial charge in [-0.2, -0.15) is 0 Å². The van der Waals surface area contributed by atoms with Crippen molar-refractivity contribution in [3.63, 3.8) is 0 Å². The lowest BCUT2D eigenvalue weighted by atomic mass is 9.69. The molecule has 0 saturated heterocycles. The minimum absolute atomic E-state index is 0.149. The molecule has 0 unspecified atom stereocenters. The van der Waals surface area contributed by atoms with E-state index in [2.05, 4.69) is 36.1 Å². The summed E-state index contributed by atoms with van der Waals surface area (Å²) in [5, 5.41) is 2.99. The Hall–Kier alpha value is -1.45. The number of hydrogen-bond acceptors (Lipinski definition) is 3. The highest BCUT2D eigenvalue weighted by molar-refractivity contribution is 5.76. The Morgan fingerprint density at radius 3 is 2.55 bits per heavy atom. The third-order valence-corrected chi connectivity index (χ3v) is 4.85. The molecule has 1 aliphatic rings. The van der Waals surface area contributed by atoms with Crippen LogP contribution in [0.4, 0.5) is 0 Å². The standard InChI is InChI=1S/C18H29N3O/c1-13-19-10-9-16(21-13)12-20-17(22)11-14-5-7-15(8-6-14)18(2,3)4/h9-10,14-15H,5-8,11-12H2,1-4H3,(H,20,22). The van der Waals surface area contributed by atoms with Gasteiger partial charge in [0.25, 0.3) is 0 Å². The second-order valence-electron chi connectivity index (χ2n) is 7.66. The molecule has 1 N–H and O–H groups in total. The maximum absolute atomic E-state index is 12.1. The highest BCUT2D eigenvalue weighted by Crippen LogP contribution is 2.40. The molecule has 4 heteroatoms. The summed E-state index contributed by atoms with van der Waals surface area (Å²) in [6.45, 7) is 9.34. The van der Waals surface area contributed by atoms with Crippen LogP contribution in [0.25, 0.3) is 0 Å². The van der Waals surface area contributed by atoms with Crippen LogP contribution in [0, 0.1) is 24.2 Å². The molecule has 1 aromatic rings. The van der Waals surface area contributed by atoms with Gasteiger partial charge in [0, 0.05) is 12.6 Å². The molecule has 0 aliphatic heterocycles. The highest BCUT2D eigenvalue weighted by Gasteiger charge is 2.30. The zero-order valence-corrected chi connectivity index (χ0v) is 14.4. The minimum atomic E-state index is 0.149. The van der Waals surface area contributed by atoms with Gasteiger partial charge in [-0.15, -0.1) is 0 Å². The number of aromatic nitrogens is 2. The molecule has 1 amide bonds. The monoisotopic (exact) mass is 303 g/mol. The molecule has 0 radical (unpaired) electrons. The second kappa shape index (κ2) is 7.21. The molecule has 1 aromatic heterocycles. The van der Waals surface area contributed by atoms with Gasteiger partial charge in [0.1, 0.15) is 5.82 Å². The lowest BCUT2D eigenvalue weighted by Crippen LogP contribution is -2.30. The van der Waals surface area contributed by atoms with Gasteiger partial charge in [-0.3, -0.25) is 4.79 Å². The van der Waals surface area contributed by atoms with E-state index in [-0.39, 0.29) is 5.91 Å². The van der Waals surface area contributed by atoms with E-state index in [9.17, 15) is 4.79 Å². The molecular weight excluding hydrogens is 274 g/mol. The predicted molar refractivity (Wildman–Crippen MR) is 88.1 cm³/mol. The van der Waals surface area contributed by atoms with Crippen molar-refractivity contribution in [3.8, 4) is 0 Å². The van der Waals surface area contributed by atoms with Gasteiger partial charge in [0.05, 0.1) is 12.2 Å². The summed E-state index contributed by atoms with van der Waals surface area (Å²) in [5.74, 6) is 2.24. The van der Waals surface area contributed by atoms with E-state index in [0.717, 1.165) is 17.4 Å². The van der Waals surface area contributed by atoms with E-state index in [4.69, 9.17) is 0 Å². The maximum Gasteiger partial charge on any atom is 0.220 e. The Kier molecular flexibility index (Phi) is 5.54. The third-order valence-electron chi connectivity index (χ3n) is 4.85. The molecule has 1 fully saturated rings. The van der Waals surface area contributed by atoms with Crippen LogP contribution >= 0.6 is 0 Å². The third kappa shape index (κ3) is 5.08. The smallest absolute Gasteiger partial charge is 0.220 e. The lowest BCUT2D eigenvalue weighted by molar-refractivity contribution is -0.122. The van der Waals surface area contributed by atoms with Gasteiger partial charge >= 0.3 is 0 Å². The molecule has 0 spiro atoms. The Bertz CT molecular complexity index is 499. The van der Waals surface area contributed by atoms with Crippen molar-refractivity contribution in [1.82, 2.24) is 15.3 Å². The van der Waals surface area contributed by atoms with Crippen LogP contribution in [0.2, 0.25) is 0 Å². The number of amides is 1. The Labute approximate surface area is 134 Å². The van der Waals surface area contributed by atoms with E-state index < -0.39 is 0 Å². The summed E-state index contributed by atoms with van der Waals surface area (Å²) >= 11 is 0. The van der Waals surface area contributed by atoms with Crippen molar-refractivity contribution in [3.05, 3.63) is 23.8 Å². The van der Waals surface area contributed by atoms with Crippen molar-refractivity contribution in [2.75, 3.05) is 0 Å². The van der Waals surface area contributed by atoms with Crippen LogP contribution in [0.15, 0.2) is 12.3 Å². The Morgan fingerprint density at radius 1 is 1.27 bits per heavy atom. The summed E-state index contributed by atoms with van der Waals surface area (Å²) in [6, 6.07) is 1.85. The first-order valence-corrected chi connectivity index (χ1v) is 8.40. The molecule has 0 aromatic carbocycles. The van der Waals surface area contributed by atoms with Crippen LogP contribution in [0.1, 0.15) is 64.4 Å². The van der Waals surface area contributed by atoms with Gasteiger partial charge in [-0.25, -0.2) is 9.97 Å².